The number of benzene rings is 1. The van der Waals surface area contributed by atoms with E-state index in [9.17, 15) is 0 Å². The number of hydrogen-bond acceptors (Lipinski definition) is 2. The number of hydrogen-bond donors (Lipinski definition) is 1. The Balaban J connectivity index is 2.18. The van der Waals surface area contributed by atoms with Gasteiger partial charge < -0.3 is 5.32 Å². The van der Waals surface area contributed by atoms with Gasteiger partial charge in [0.25, 0.3) is 0 Å². The lowest BCUT2D eigenvalue weighted by atomic mass is 10.0. The van der Waals surface area contributed by atoms with E-state index in [2.05, 4.69) is 67.1 Å². The molecule has 1 aromatic heterocycles. The van der Waals surface area contributed by atoms with Crippen molar-refractivity contribution in [2.24, 2.45) is 0 Å². The maximum Gasteiger partial charge on any atom is 0.0704 e. The van der Waals surface area contributed by atoms with Crippen LogP contribution in [0.1, 0.15) is 18.1 Å². The number of nitrogens with one attached hydrogen (secondary N) is 1. The van der Waals surface area contributed by atoms with E-state index in [0.717, 1.165) is 17.7 Å². The second-order valence-corrected chi connectivity index (χ2v) is 5.26. The molecular formula is C18H22N2. The van der Waals surface area contributed by atoms with E-state index in [1.807, 2.05) is 13.2 Å². The highest BCUT2D eigenvalue weighted by molar-refractivity contribution is 5.63. The minimum absolute atomic E-state index is 0.307. The zero-order chi connectivity index (χ0) is 14.5. The van der Waals surface area contributed by atoms with Crippen LogP contribution in [0.3, 0.4) is 0 Å². The Morgan fingerprint density at radius 1 is 1.25 bits per heavy atom. The molecule has 0 saturated carbocycles. The lowest BCUT2D eigenvalue weighted by molar-refractivity contribution is 0.633. The minimum Gasteiger partial charge on any atom is -0.313 e. The Bertz CT molecular complexity index is 585. The Morgan fingerprint density at radius 2 is 2.00 bits per heavy atom. The minimum atomic E-state index is 0.307. The molecule has 2 nitrogen and oxygen atoms in total. The van der Waals surface area contributed by atoms with Gasteiger partial charge in [0, 0.05) is 17.8 Å². The summed E-state index contributed by atoms with van der Waals surface area (Å²) in [4.78, 5) is 4.60. The molecule has 1 heterocycles. The molecule has 0 unspecified atom stereocenters. The number of pyridine rings is 1. The van der Waals surface area contributed by atoms with Crippen molar-refractivity contribution in [3.8, 4) is 11.3 Å². The molecule has 1 N–H and O–H groups in total. The number of nitrogens with zero attached hydrogens (tertiary/aromatic N) is 1. The number of likely N-dealkylation sites (N-methyl/N-ethyl adjacent to an activating group) is 1. The maximum absolute atomic E-state index is 4.60. The van der Waals surface area contributed by atoms with Crippen LogP contribution in [0.5, 0.6) is 0 Å². The molecule has 0 saturated heterocycles. The van der Waals surface area contributed by atoms with Gasteiger partial charge in [-0.15, -0.1) is 0 Å². The molecule has 0 radical (unpaired) electrons. The van der Waals surface area contributed by atoms with Crippen LogP contribution < -0.4 is 5.32 Å². The van der Waals surface area contributed by atoms with Crippen LogP contribution in [0, 0.1) is 6.92 Å². The molecule has 0 fully saturated rings. The Morgan fingerprint density at radius 3 is 2.55 bits per heavy atom. The zero-order valence-corrected chi connectivity index (χ0v) is 12.5. The SMILES string of the molecule is C=C(C)[C@H](Cc1ccc(-c2ccccc2C)nc1)NC. The van der Waals surface area contributed by atoms with Crippen LogP contribution >= 0.6 is 0 Å². The highest BCUT2D eigenvalue weighted by atomic mass is 14.9. The first-order valence-electron chi connectivity index (χ1n) is 6.95. The standard InChI is InChI=1S/C18H22N2/c1-13(2)18(19-4)11-15-9-10-17(20-12-15)16-8-6-5-7-14(16)3/h5-10,12,18-19H,1,11H2,2-4H3/t18-/m0/s1. The van der Waals surface area contributed by atoms with Crippen molar-refractivity contribution < 1.29 is 0 Å². The summed E-state index contributed by atoms with van der Waals surface area (Å²) in [5.74, 6) is 0. The number of rotatable bonds is 5. The summed E-state index contributed by atoms with van der Waals surface area (Å²) in [6.07, 6.45) is 2.89. The van der Waals surface area contributed by atoms with Crippen molar-refractivity contribution >= 4 is 0 Å². The van der Waals surface area contributed by atoms with Gasteiger partial charge in [-0.25, -0.2) is 0 Å². The molecule has 2 aromatic rings. The van der Waals surface area contributed by atoms with Gasteiger partial charge in [-0.3, -0.25) is 4.98 Å². The van der Waals surface area contributed by atoms with Crippen molar-refractivity contribution in [1.82, 2.24) is 10.3 Å². The molecule has 0 aliphatic heterocycles. The molecule has 0 aliphatic carbocycles. The van der Waals surface area contributed by atoms with Crippen molar-refractivity contribution in [3.63, 3.8) is 0 Å². The first-order valence-corrected chi connectivity index (χ1v) is 6.95. The van der Waals surface area contributed by atoms with Crippen LogP contribution in [0.15, 0.2) is 54.7 Å². The fourth-order valence-electron chi connectivity index (χ4n) is 2.32. The van der Waals surface area contributed by atoms with Gasteiger partial charge >= 0.3 is 0 Å². The van der Waals surface area contributed by atoms with Crippen LogP contribution in [0.2, 0.25) is 0 Å². The summed E-state index contributed by atoms with van der Waals surface area (Å²) in [6.45, 7) is 8.18. The molecule has 0 bridgehead atoms. The van der Waals surface area contributed by atoms with Gasteiger partial charge in [-0.2, -0.15) is 0 Å². The normalized spacial score (nSPS) is 12.2. The lowest BCUT2D eigenvalue weighted by Crippen LogP contribution is -2.28. The number of aryl methyl sites for hydroxylation is 1. The molecule has 104 valence electrons. The van der Waals surface area contributed by atoms with Gasteiger partial charge in [0.2, 0.25) is 0 Å². The van der Waals surface area contributed by atoms with E-state index in [1.54, 1.807) is 0 Å². The molecule has 20 heavy (non-hydrogen) atoms. The molecule has 1 aromatic carbocycles. The van der Waals surface area contributed by atoms with E-state index >= 15 is 0 Å². The molecule has 0 amide bonds. The van der Waals surface area contributed by atoms with Crippen molar-refractivity contribution in [2.45, 2.75) is 26.3 Å². The van der Waals surface area contributed by atoms with Crippen LogP contribution in [0.4, 0.5) is 0 Å². The van der Waals surface area contributed by atoms with Crippen molar-refractivity contribution in [1.29, 1.82) is 0 Å². The van der Waals surface area contributed by atoms with E-state index in [1.165, 1.54) is 16.7 Å². The van der Waals surface area contributed by atoms with E-state index in [4.69, 9.17) is 0 Å². The Hall–Kier alpha value is -1.93. The second kappa shape index (κ2) is 6.49. The van der Waals surface area contributed by atoms with Crippen LogP contribution in [-0.2, 0) is 6.42 Å². The van der Waals surface area contributed by atoms with Crippen LogP contribution in [0.25, 0.3) is 11.3 Å². The first-order chi connectivity index (χ1) is 9.61. The smallest absolute Gasteiger partial charge is 0.0704 e. The predicted octanol–water partition coefficient (Wildman–Crippen LogP) is 3.76. The van der Waals surface area contributed by atoms with E-state index < -0.39 is 0 Å². The fraction of sp³-hybridized carbons (Fsp3) is 0.278. The quantitative estimate of drug-likeness (QED) is 0.833. The third kappa shape index (κ3) is 3.34. The highest BCUT2D eigenvalue weighted by Gasteiger charge is 2.08. The predicted molar refractivity (Wildman–Crippen MR) is 85.8 cm³/mol. The van der Waals surface area contributed by atoms with Crippen molar-refractivity contribution in [3.05, 3.63) is 65.9 Å². The average Bonchev–Trinajstić information content (AvgIpc) is 2.46. The van der Waals surface area contributed by atoms with Gasteiger partial charge in [-0.05, 0) is 44.5 Å². The topological polar surface area (TPSA) is 24.9 Å². The Labute approximate surface area is 121 Å². The molecule has 0 spiro atoms. The fourth-order valence-corrected chi connectivity index (χ4v) is 2.32. The maximum atomic E-state index is 4.60. The van der Waals surface area contributed by atoms with E-state index in [0.29, 0.717) is 6.04 Å². The van der Waals surface area contributed by atoms with E-state index in [-0.39, 0.29) is 0 Å². The summed E-state index contributed by atoms with van der Waals surface area (Å²) in [5, 5.41) is 3.28. The molecule has 1 atom stereocenters. The summed E-state index contributed by atoms with van der Waals surface area (Å²) >= 11 is 0. The average molecular weight is 266 g/mol. The molecular weight excluding hydrogens is 244 g/mol. The monoisotopic (exact) mass is 266 g/mol. The summed E-state index contributed by atoms with van der Waals surface area (Å²) in [7, 11) is 1.97. The second-order valence-electron chi connectivity index (χ2n) is 5.26. The Kier molecular flexibility index (Phi) is 4.70. The summed E-state index contributed by atoms with van der Waals surface area (Å²) < 4.78 is 0. The van der Waals surface area contributed by atoms with Crippen molar-refractivity contribution in [2.75, 3.05) is 7.05 Å². The van der Waals surface area contributed by atoms with Gasteiger partial charge in [0.05, 0.1) is 5.69 Å². The van der Waals surface area contributed by atoms with Crippen LogP contribution in [-0.4, -0.2) is 18.1 Å². The summed E-state index contributed by atoms with van der Waals surface area (Å²) in [6, 6.07) is 12.9. The molecule has 0 aliphatic rings. The number of aromatic nitrogens is 1. The first kappa shape index (κ1) is 14.5. The zero-order valence-electron chi connectivity index (χ0n) is 12.5. The molecule has 2 rings (SSSR count). The van der Waals surface area contributed by atoms with Gasteiger partial charge in [-0.1, -0.05) is 42.5 Å². The highest BCUT2D eigenvalue weighted by Crippen LogP contribution is 2.21. The summed E-state index contributed by atoms with van der Waals surface area (Å²) in [5.41, 5.74) is 5.86. The van der Waals surface area contributed by atoms with Gasteiger partial charge in [0.15, 0.2) is 0 Å². The lowest BCUT2D eigenvalue weighted by Gasteiger charge is -2.16. The molecule has 2 heteroatoms. The third-order valence-electron chi connectivity index (χ3n) is 3.63. The third-order valence-corrected chi connectivity index (χ3v) is 3.63. The van der Waals surface area contributed by atoms with Gasteiger partial charge in [0.1, 0.15) is 0 Å². The largest absolute Gasteiger partial charge is 0.313 e.